The summed E-state index contributed by atoms with van der Waals surface area (Å²) in [6.07, 6.45) is 0.945. The topological polar surface area (TPSA) is 32.3 Å². The maximum atomic E-state index is 9.52. The fraction of sp³-hybridized carbons (Fsp3) is 0.294. The van der Waals surface area contributed by atoms with Crippen LogP contribution >= 0.6 is 11.6 Å². The van der Waals surface area contributed by atoms with E-state index in [0.717, 1.165) is 17.0 Å². The third kappa shape index (κ3) is 4.26. The molecule has 0 aliphatic heterocycles. The number of aromatic hydroxyl groups is 1. The van der Waals surface area contributed by atoms with Crippen LogP contribution in [0.4, 0.5) is 0 Å². The molecule has 2 unspecified atom stereocenters. The van der Waals surface area contributed by atoms with Crippen molar-refractivity contribution >= 4 is 11.6 Å². The van der Waals surface area contributed by atoms with Gasteiger partial charge in [-0.2, -0.15) is 0 Å². The van der Waals surface area contributed by atoms with E-state index in [4.69, 9.17) is 11.6 Å². The lowest BCUT2D eigenvalue weighted by Gasteiger charge is -2.20. The molecule has 0 aromatic heterocycles. The van der Waals surface area contributed by atoms with Crippen LogP contribution in [0.1, 0.15) is 31.0 Å². The molecule has 2 rings (SSSR count). The second kappa shape index (κ2) is 6.78. The minimum absolute atomic E-state index is 0.199. The van der Waals surface area contributed by atoms with E-state index in [-0.39, 0.29) is 6.04 Å². The van der Waals surface area contributed by atoms with Gasteiger partial charge in [-0.05, 0) is 55.7 Å². The lowest BCUT2D eigenvalue weighted by atomic mass is 10.0. The van der Waals surface area contributed by atoms with Gasteiger partial charge < -0.3 is 10.4 Å². The first-order chi connectivity index (χ1) is 9.54. The summed E-state index contributed by atoms with van der Waals surface area (Å²) in [5.41, 5.74) is 2.35. The molecule has 0 amide bonds. The monoisotopic (exact) mass is 289 g/mol. The van der Waals surface area contributed by atoms with Crippen molar-refractivity contribution < 1.29 is 5.11 Å². The van der Waals surface area contributed by atoms with Crippen LogP contribution in [0.2, 0.25) is 5.02 Å². The van der Waals surface area contributed by atoms with E-state index in [9.17, 15) is 5.11 Å². The summed E-state index contributed by atoms with van der Waals surface area (Å²) in [6.45, 7) is 4.26. The van der Waals surface area contributed by atoms with Gasteiger partial charge >= 0.3 is 0 Å². The summed E-state index contributed by atoms with van der Waals surface area (Å²) in [5, 5.41) is 13.8. The van der Waals surface area contributed by atoms with Crippen molar-refractivity contribution in [2.24, 2.45) is 0 Å². The molecule has 0 saturated heterocycles. The molecule has 2 nitrogen and oxygen atoms in total. The van der Waals surface area contributed by atoms with Crippen molar-refractivity contribution in [1.82, 2.24) is 5.32 Å². The Labute approximate surface area is 125 Å². The van der Waals surface area contributed by atoms with Gasteiger partial charge in [0, 0.05) is 17.1 Å². The number of hydrogen-bond donors (Lipinski definition) is 2. The summed E-state index contributed by atoms with van der Waals surface area (Å²) in [5.74, 6) is 0.307. The molecule has 0 heterocycles. The summed E-state index contributed by atoms with van der Waals surface area (Å²) in [6, 6.07) is 15.9. The van der Waals surface area contributed by atoms with Gasteiger partial charge in [-0.25, -0.2) is 0 Å². The van der Waals surface area contributed by atoms with Gasteiger partial charge in [-0.1, -0.05) is 35.9 Å². The van der Waals surface area contributed by atoms with Crippen LogP contribution in [-0.4, -0.2) is 11.1 Å². The smallest absolute Gasteiger partial charge is 0.115 e. The van der Waals surface area contributed by atoms with Gasteiger partial charge in [-0.15, -0.1) is 0 Å². The average molecular weight is 290 g/mol. The fourth-order valence-electron chi connectivity index (χ4n) is 2.35. The third-order valence-corrected chi connectivity index (χ3v) is 3.61. The van der Waals surface area contributed by atoms with Gasteiger partial charge in [0.2, 0.25) is 0 Å². The highest BCUT2D eigenvalue weighted by molar-refractivity contribution is 6.30. The normalized spacial score (nSPS) is 13.9. The first-order valence-corrected chi connectivity index (χ1v) is 7.22. The maximum Gasteiger partial charge on any atom is 0.115 e. The zero-order valence-corrected chi connectivity index (χ0v) is 12.6. The predicted molar refractivity (Wildman–Crippen MR) is 84.3 cm³/mol. The Hall–Kier alpha value is -1.51. The van der Waals surface area contributed by atoms with Crippen LogP contribution in [0, 0.1) is 0 Å². The Morgan fingerprint density at radius 3 is 2.45 bits per heavy atom. The van der Waals surface area contributed by atoms with E-state index >= 15 is 0 Å². The number of phenolic OH excluding ortho intramolecular Hbond substituents is 1. The summed E-state index contributed by atoms with van der Waals surface area (Å²) < 4.78 is 0. The first-order valence-electron chi connectivity index (χ1n) is 6.84. The summed E-state index contributed by atoms with van der Waals surface area (Å²) in [7, 11) is 0. The van der Waals surface area contributed by atoms with Crippen LogP contribution in [0.25, 0.3) is 0 Å². The summed E-state index contributed by atoms with van der Waals surface area (Å²) >= 11 is 5.89. The van der Waals surface area contributed by atoms with E-state index in [1.165, 1.54) is 5.56 Å². The van der Waals surface area contributed by atoms with Crippen LogP contribution < -0.4 is 5.32 Å². The summed E-state index contributed by atoms with van der Waals surface area (Å²) in [4.78, 5) is 0. The largest absolute Gasteiger partial charge is 0.508 e. The molecule has 2 atom stereocenters. The van der Waals surface area contributed by atoms with E-state index in [0.29, 0.717) is 11.8 Å². The second-order valence-corrected chi connectivity index (χ2v) is 5.65. The van der Waals surface area contributed by atoms with E-state index in [2.05, 4.69) is 31.3 Å². The van der Waals surface area contributed by atoms with E-state index < -0.39 is 0 Å². The van der Waals surface area contributed by atoms with E-state index in [1.54, 1.807) is 12.1 Å². The molecule has 0 radical (unpaired) electrons. The Morgan fingerprint density at radius 1 is 1.10 bits per heavy atom. The quantitative estimate of drug-likeness (QED) is 0.859. The molecular weight excluding hydrogens is 270 g/mol. The molecule has 0 fully saturated rings. The van der Waals surface area contributed by atoms with Crippen LogP contribution in [0.5, 0.6) is 5.75 Å². The molecule has 0 aliphatic carbocycles. The molecule has 2 aromatic rings. The van der Waals surface area contributed by atoms with Crippen molar-refractivity contribution in [3.63, 3.8) is 0 Å². The molecular formula is C17H20ClNO. The Morgan fingerprint density at radius 2 is 1.80 bits per heavy atom. The number of nitrogens with one attached hydrogen (secondary N) is 1. The second-order valence-electron chi connectivity index (χ2n) is 5.21. The highest BCUT2D eigenvalue weighted by Crippen LogP contribution is 2.19. The van der Waals surface area contributed by atoms with Crippen LogP contribution in [0.15, 0.2) is 48.5 Å². The molecule has 0 bridgehead atoms. The standard InChI is InChI=1S/C17H20ClNO/c1-12(10-14-6-8-16(18)9-7-14)19-13(2)15-4-3-5-17(20)11-15/h3-9,11-13,19-20H,10H2,1-2H3. The molecule has 0 aliphatic rings. The zero-order chi connectivity index (χ0) is 14.5. The Bertz CT molecular complexity index is 553. The van der Waals surface area contributed by atoms with Gasteiger partial charge in [0.25, 0.3) is 0 Å². The molecule has 3 heteroatoms. The molecule has 0 spiro atoms. The Balaban J connectivity index is 1.93. The zero-order valence-electron chi connectivity index (χ0n) is 11.8. The lowest BCUT2D eigenvalue weighted by molar-refractivity contribution is 0.461. The van der Waals surface area contributed by atoms with Crippen LogP contribution in [-0.2, 0) is 6.42 Å². The number of benzene rings is 2. The molecule has 106 valence electrons. The van der Waals surface area contributed by atoms with Crippen molar-refractivity contribution in [2.45, 2.75) is 32.4 Å². The molecule has 2 aromatic carbocycles. The third-order valence-electron chi connectivity index (χ3n) is 3.36. The van der Waals surface area contributed by atoms with Crippen molar-refractivity contribution in [3.05, 3.63) is 64.7 Å². The molecule has 2 N–H and O–H groups in total. The minimum Gasteiger partial charge on any atom is -0.508 e. The van der Waals surface area contributed by atoms with E-state index in [1.807, 2.05) is 24.3 Å². The number of hydrogen-bond acceptors (Lipinski definition) is 2. The minimum atomic E-state index is 0.199. The van der Waals surface area contributed by atoms with Crippen molar-refractivity contribution in [3.8, 4) is 5.75 Å². The van der Waals surface area contributed by atoms with Crippen molar-refractivity contribution in [1.29, 1.82) is 0 Å². The SMILES string of the molecule is CC(Cc1ccc(Cl)cc1)NC(C)c1cccc(O)c1. The van der Waals surface area contributed by atoms with Crippen LogP contribution in [0.3, 0.4) is 0 Å². The number of phenols is 1. The number of rotatable bonds is 5. The maximum absolute atomic E-state index is 9.52. The number of halogens is 1. The first kappa shape index (κ1) is 14.9. The average Bonchev–Trinajstić information content (AvgIpc) is 2.41. The Kier molecular flexibility index (Phi) is 5.05. The van der Waals surface area contributed by atoms with Crippen molar-refractivity contribution in [2.75, 3.05) is 0 Å². The van der Waals surface area contributed by atoms with Gasteiger partial charge in [0.15, 0.2) is 0 Å². The molecule has 0 saturated carbocycles. The van der Waals surface area contributed by atoms with Gasteiger partial charge in [0.1, 0.15) is 5.75 Å². The highest BCUT2D eigenvalue weighted by Gasteiger charge is 2.10. The molecule has 20 heavy (non-hydrogen) atoms. The van der Waals surface area contributed by atoms with Gasteiger partial charge in [-0.3, -0.25) is 0 Å². The van der Waals surface area contributed by atoms with Gasteiger partial charge in [0.05, 0.1) is 0 Å². The highest BCUT2D eigenvalue weighted by atomic mass is 35.5. The predicted octanol–water partition coefficient (Wildman–Crippen LogP) is 4.33. The fourth-order valence-corrected chi connectivity index (χ4v) is 2.48. The lowest BCUT2D eigenvalue weighted by Crippen LogP contribution is -2.30.